The van der Waals surface area contributed by atoms with Gasteiger partial charge in [0.15, 0.2) is 11.5 Å². The van der Waals surface area contributed by atoms with Crippen LogP contribution in [0.2, 0.25) is 0 Å². The zero-order valence-corrected chi connectivity index (χ0v) is 11.9. The quantitative estimate of drug-likeness (QED) is 0.798. The van der Waals surface area contributed by atoms with Crippen molar-refractivity contribution in [3.63, 3.8) is 0 Å². The van der Waals surface area contributed by atoms with E-state index in [4.69, 9.17) is 21.1 Å². The first-order valence-corrected chi connectivity index (χ1v) is 6.76. The highest BCUT2D eigenvalue weighted by Crippen LogP contribution is 2.38. The molecule has 1 unspecified atom stereocenters. The van der Waals surface area contributed by atoms with Crippen LogP contribution in [0.25, 0.3) is 0 Å². The van der Waals surface area contributed by atoms with Gasteiger partial charge in [-0.3, -0.25) is 4.79 Å². The van der Waals surface area contributed by atoms with Gasteiger partial charge in [0.25, 0.3) is 0 Å². The van der Waals surface area contributed by atoms with E-state index in [2.05, 4.69) is 0 Å². The fraction of sp³-hybridized carbons (Fsp3) is 0.500. The van der Waals surface area contributed by atoms with E-state index in [1.165, 1.54) is 0 Å². The van der Waals surface area contributed by atoms with E-state index in [0.29, 0.717) is 17.1 Å². The Labute approximate surface area is 118 Å². The number of benzene rings is 1. The second-order valence-corrected chi connectivity index (χ2v) is 4.91. The molecule has 5 heteroatoms. The van der Waals surface area contributed by atoms with Crippen LogP contribution in [0.3, 0.4) is 0 Å². The molecule has 1 amide bonds. The Balaban J connectivity index is 2.27. The molecule has 1 aromatic carbocycles. The molecule has 104 valence electrons. The van der Waals surface area contributed by atoms with E-state index in [1.54, 1.807) is 31.3 Å². The highest BCUT2D eigenvalue weighted by molar-refractivity contribution is 6.31. The van der Waals surface area contributed by atoms with Gasteiger partial charge in [-0.25, -0.2) is 0 Å². The van der Waals surface area contributed by atoms with E-state index < -0.39 is 5.38 Å². The van der Waals surface area contributed by atoms with Crippen molar-refractivity contribution < 1.29 is 14.3 Å². The number of ether oxygens (including phenoxy) is 2. The highest BCUT2D eigenvalue weighted by Gasteiger charge is 2.29. The van der Waals surface area contributed by atoms with Crippen molar-refractivity contribution in [1.82, 2.24) is 4.90 Å². The molecule has 0 spiro atoms. The topological polar surface area (TPSA) is 38.8 Å². The SMILES string of the molecule is COc1cccc(C(Cl)C(=O)N2CCCC2)c1OC. The van der Waals surface area contributed by atoms with Gasteiger partial charge in [0.05, 0.1) is 14.2 Å². The lowest BCUT2D eigenvalue weighted by molar-refractivity contribution is -0.129. The molecule has 1 aliphatic heterocycles. The molecule has 0 saturated carbocycles. The van der Waals surface area contributed by atoms with Gasteiger partial charge in [-0.1, -0.05) is 12.1 Å². The van der Waals surface area contributed by atoms with Gasteiger partial charge in [0, 0.05) is 18.7 Å². The standard InChI is InChI=1S/C14H18ClNO3/c1-18-11-7-5-6-10(13(11)19-2)12(15)14(17)16-8-3-4-9-16/h5-7,12H,3-4,8-9H2,1-2H3. The van der Waals surface area contributed by atoms with Gasteiger partial charge in [0.2, 0.25) is 5.91 Å². The number of para-hydroxylation sites is 1. The summed E-state index contributed by atoms with van der Waals surface area (Å²) in [6.07, 6.45) is 2.09. The van der Waals surface area contributed by atoms with Crippen molar-refractivity contribution in [2.45, 2.75) is 18.2 Å². The smallest absolute Gasteiger partial charge is 0.245 e. The van der Waals surface area contributed by atoms with Gasteiger partial charge in [-0.05, 0) is 18.9 Å². The van der Waals surface area contributed by atoms with Crippen molar-refractivity contribution in [2.75, 3.05) is 27.3 Å². The molecule has 4 nitrogen and oxygen atoms in total. The van der Waals surface area contributed by atoms with E-state index in [0.717, 1.165) is 25.9 Å². The second-order valence-electron chi connectivity index (χ2n) is 4.48. The third-order valence-corrected chi connectivity index (χ3v) is 3.76. The Bertz CT molecular complexity index is 458. The molecule has 1 saturated heterocycles. The monoisotopic (exact) mass is 283 g/mol. The number of nitrogens with zero attached hydrogens (tertiary/aromatic N) is 1. The summed E-state index contributed by atoms with van der Waals surface area (Å²) in [7, 11) is 3.11. The van der Waals surface area contributed by atoms with Crippen LogP contribution in [0.5, 0.6) is 11.5 Å². The van der Waals surface area contributed by atoms with Crippen molar-refractivity contribution in [2.24, 2.45) is 0 Å². The Morgan fingerprint density at radius 2 is 1.95 bits per heavy atom. The van der Waals surface area contributed by atoms with Crippen LogP contribution in [-0.4, -0.2) is 38.1 Å². The highest BCUT2D eigenvalue weighted by atomic mass is 35.5. The van der Waals surface area contributed by atoms with E-state index in [-0.39, 0.29) is 5.91 Å². The fourth-order valence-electron chi connectivity index (χ4n) is 2.34. The Morgan fingerprint density at radius 1 is 1.26 bits per heavy atom. The Kier molecular flexibility index (Phi) is 4.53. The minimum Gasteiger partial charge on any atom is -0.493 e. The zero-order valence-electron chi connectivity index (χ0n) is 11.2. The molecule has 19 heavy (non-hydrogen) atoms. The van der Waals surface area contributed by atoms with Crippen LogP contribution in [0.4, 0.5) is 0 Å². The maximum atomic E-state index is 12.3. The number of alkyl halides is 1. The first-order valence-electron chi connectivity index (χ1n) is 6.32. The largest absolute Gasteiger partial charge is 0.493 e. The maximum Gasteiger partial charge on any atom is 0.245 e. The van der Waals surface area contributed by atoms with Gasteiger partial charge >= 0.3 is 0 Å². The van der Waals surface area contributed by atoms with Gasteiger partial charge < -0.3 is 14.4 Å². The summed E-state index contributed by atoms with van der Waals surface area (Å²) in [5, 5.41) is -0.733. The van der Waals surface area contributed by atoms with E-state index in [1.807, 2.05) is 6.07 Å². The van der Waals surface area contributed by atoms with Gasteiger partial charge in [-0.15, -0.1) is 11.6 Å². The summed E-state index contributed by atoms with van der Waals surface area (Å²) in [6, 6.07) is 5.39. The van der Waals surface area contributed by atoms with Crippen molar-refractivity contribution >= 4 is 17.5 Å². The van der Waals surface area contributed by atoms with E-state index in [9.17, 15) is 4.79 Å². The molecular weight excluding hydrogens is 266 g/mol. The van der Waals surface area contributed by atoms with Crippen molar-refractivity contribution in [1.29, 1.82) is 0 Å². The number of carbonyl (C=O) groups excluding carboxylic acids is 1. The minimum absolute atomic E-state index is 0.0641. The molecule has 0 bridgehead atoms. The second kappa shape index (κ2) is 6.15. The van der Waals surface area contributed by atoms with Gasteiger partial charge in [0.1, 0.15) is 5.38 Å². The van der Waals surface area contributed by atoms with Crippen LogP contribution < -0.4 is 9.47 Å². The molecule has 1 atom stereocenters. The molecule has 1 aromatic rings. The van der Waals surface area contributed by atoms with Gasteiger partial charge in [-0.2, -0.15) is 0 Å². The summed E-state index contributed by atoms with van der Waals surface area (Å²) in [5.74, 6) is 1.04. The lowest BCUT2D eigenvalue weighted by atomic mass is 10.1. The van der Waals surface area contributed by atoms with Crippen LogP contribution in [0.1, 0.15) is 23.8 Å². The van der Waals surface area contributed by atoms with Crippen LogP contribution >= 0.6 is 11.6 Å². The molecule has 1 aliphatic rings. The summed E-state index contributed by atoms with van der Waals surface area (Å²) in [6.45, 7) is 1.57. The number of rotatable bonds is 4. The number of methoxy groups -OCH3 is 2. The average molecular weight is 284 g/mol. The molecule has 1 fully saturated rings. The summed E-state index contributed by atoms with van der Waals surface area (Å²) in [4.78, 5) is 14.1. The molecular formula is C14H18ClNO3. The molecule has 0 aliphatic carbocycles. The molecule has 1 heterocycles. The zero-order chi connectivity index (χ0) is 13.8. The van der Waals surface area contributed by atoms with Crippen LogP contribution in [0.15, 0.2) is 18.2 Å². The third kappa shape index (κ3) is 2.78. The molecule has 0 aromatic heterocycles. The number of hydrogen-bond acceptors (Lipinski definition) is 3. The predicted octanol–water partition coefficient (Wildman–Crippen LogP) is 2.61. The van der Waals surface area contributed by atoms with E-state index >= 15 is 0 Å². The Morgan fingerprint density at radius 3 is 2.53 bits per heavy atom. The minimum atomic E-state index is -0.733. The number of likely N-dealkylation sites (tertiary alicyclic amines) is 1. The number of carbonyl (C=O) groups is 1. The van der Waals surface area contributed by atoms with Crippen molar-refractivity contribution in [3.8, 4) is 11.5 Å². The Hall–Kier alpha value is -1.42. The molecule has 0 radical (unpaired) electrons. The first-order chi connectivity index (χ1) is 9.19. The lowest BCUT2D eigenvalue weighted by Crippen LogP contribution is -2.30. The summed E-state index contributed by atoms with van der Waals surface area (Å²) < 4.78 is 10.5. The maximum absolute atomic E-state index is 12.3. The predicted molar refractivity (Wildman–Crippen MR) is 74.0 cm³/mol. The summed E-state index contributed by atoms with van der Waals surface area (Å²) >= 11 is 6.32. The number of hydrogen-bond donors (Lipinski definition) is 0. The lowest BCUT2D eigenvalue weighted by Gasteiger charge is -2.21. The normalized spacial score (nSPS) is 16.3. The number of halogens is 1. The third-order valence-electron chi connectivity index (χ3n) is 3.34. The van der Waals surface area contributed by atoms with Crippen LogP contribution in [-0.2, 0) is 4.79 Å². The summed E-state index contributed by atoms with van der Waals surface area (Å²) in [5.41, 5.74) is 0.653. The number of amides is 1. The van der Waals surface area contributed by atoms with Crippen LogP contribution in [0, 0.1) is 0 Å². The first kappa shape index (κ1) is 14.0. The van der Waals surface area contributed by atoms with Crippen molar-refractivity contribution in [3.05, 3.63) is 23.8 Å². The fourth-order valence-corrected chi connectivity index (χ4v) is 2.65. The molecule has 0 N–H and O–H groups in total. The molecule has 2 rings (SSSR count). The average Bonchev–Trinajstić information content (AvgIpc) is 2.98.